The van der Waals surface area contributed by atoms with Crippen molar-refractivity contribution in [2.75, 3.05) is 13.7 Å². The molecule has 354 valence electrons. The van der Waals surface area contributed by atoms with E-state index in [0.717, 1.165) is 7.11 Å². The molecule has 0 saturated carbocycles. The molecule has 67 heavy (non-hydrogen) atoms. The first-order chi connectivity index (χ1) is 32.2. The summed E-state index contributed by atoms with van der Waals surface area (Å²) in [5.41, 5.74) is -0.381. The van der Waals surface area contributed by atoms with Crippen LogP contribution in [0.15, 0.2) is 126 Å². The quantitative estimate of drug-likeness (QED) is 0.0770. The van der Waals surface area contributed by atoms with Crippen LogP contribution in [0.25, 0.3) is 0 Å². The number of ether oxygens (including phenoxy) is 9. The standard InChI is InChI=1S/C47H44Cl3NO15S/c1-26(52)23-24-32(53)61-36-37(62-40(54)27-15-7-3-8-16-27)39(63-41(55)28-17-9-4-10-18-28)44(66-38(36)42(56)58-2)65-35-33(51-46(57)47(48,49)50)45(67-30-21-13-6-14-22-30)60-31-25-59-43(64-34(31)35)29-19-11-5-12-20-29/h3-22,31,33-39,43-45H,23-25H2,1-2H3,(H,51,57)/t31-,33-,34-,35-,36+,37+,38+,39-,43-,44-,45+/m1/s1. The monoisotopic (exact) mass is 999 g/mol. The van der Waals surface area contributed by atoms with E-state index in [0.29, 0.717) is 10.5 Å². The minimum Gasteiger partial charge on any atom is -0.467 e. The van der Waals surface area contributed by atoms with Crippen LogP contribution in [-0.4, -0.2) is 114 Å². The third-order valence-corrected chi connectivity index (χ3v) is 12.3. The van der Waals surface area contributed by atoms with Crippen LogP contribution in [0.1, 0.15) is 52.3 Å². The van der Waals surface area contributed by atoms with Gasteiger partial charge < -0.3 is 52.7 Å². The first-order valence-corrected chi connectivity index (χ1v) is 22.9. The summed E-state index contributed by atoms with van der Waals surface area (Å²) >= 11 is 19.6. The Labute approximate surface area is 404 Å². The zero-order chi connectivity index (χ0) is 47.7. The smallest absolute Gasteiger partial charge is 0.339 e. The number of hydrogen-bond acceptors (Lipinski definition) is 16. The van der Waals surface area contributed by atoms with Crippen LogP contribution < -0.4 is 5.32 Å². The van der Waals surface area contributed by atoms with E-state index in [2.05, 4.69) is 5.32 Å². The molecule has 3 saturated heterocycles. The molecule has 7 rings (SSSR count). The van der Waals surface area contributed by atoms with E-state index in [-0.39, 0.29) is 29.9 Å². The average molecular weight is 1000 g/mol. The molecule has 0 radical (unpaired) electrons. The number of Topliss-reactive ketones (excluding diaryl/α,β-unsaturated/α-hetero) is 1. The molecule has 11 atom stereocenters. The van der Waals surface area contributed by atoms with Gasteiger partial charge in [0.25, 0.3) is 9.70 Å². The largest absolute Gasteiger partial charge is 0.467 e. The summed E-state index contributed by atoms with van der Waals surface area (Å²) in [5.74, 6) is -5.50. The zero-order valence-corrected chi connectivity index (χ0v) is 38.8. The van der Waals surface area contributed by atoms with Crippen molar-refractivity contribution in [3.63, 3.8) is 0 Å². The van der Waals surface area contributed by atoms with E-state index in [4.69, 9.17) is 77.4 Å². The van der Waals surface area contributed by atoms with Gasteiger partial charge in [0.05, 0.1) is 37.3 Å². The van der Waals surface area contributed by atoms with Crippen molar-refractivity contribution in [3.05, 3.63) is 138 Å². The maximum Gasteiger partial charge on any atom is 0.339 e. The SMILES string of the molecule is COC(=O)[C@H]1O[C@@H](O[C@@H]2[C@@H](NC(=O)C(Cl)(Cl)Cl)[C@H](Sc3ccccc3)O[C@@H]3CO[C@@H](c4ccccc4)O[C@@H]23)[C@H](OC(=O)c2ccccc2)[C@@H](OC(=O)c2ccccc2)[C@@H]1OC(=O)CCC(C)=O. The third-order valence-electron chi connectivity index (χ3n) is 10.6. The Morgan fingerprint density at radius 3 is 1.82 bits per heavy atom. The van der Waals surface area contributed by atoms with Crippen molar-refractivity contribution in [2.24, 2.45) is 0 Å². The fourth-order valence-corrected chi connectivity index (χ4v) is 8.74. The first-order valence-electron chi connectivity index (χ1n) is 20.9. The number of carbonyl (C=O) groups is 6. The van der Waals surface area contributed by atoms with Crippen molar-refractivity contribution < 1.29 is 71.4 Å². The molecule has 4 aromatic rings. The molecular weight excluding hydrogens is 957 g/mol. The van der Waals surface area contributed by atoms with Crippen molar-refractivity contribution in [1.82, 2.24) is 5.32 Å². The molecular formula is C47H44Cl3NO15S. The minimum atomic E-state index is -2.51. The van der Waals surface area contributed by atoms with Gasteiger partial charge in [0.1, 0.15) is 29.5 Å². The Kier molecular flexibility index (Phi) is 17.0. The second kappa shape index (κ2) is 22.8. The summed E-state index contributed by atoms with van der Waals surface area (Å²) in [4.78, 5) is 81.9. The van der Waals surface area contributed by atoms with Gasteiger partial charge in [-0.15, -0.1) is 0 Å². The van der Waals surface area contributed by atoms with Crippen molar-refractivity contribution in [3.8, 4) is 0 Å². The van der Waals surface area contributed by atoms with Gasteiger partial charge in [-0.1, -0.05) is 131 Å². The van der Waals surface area contributed by atoms with Gasteiger partial charge >= 0.3 is 23.9 Å². The van der Waals surface area contributed by atoms with Gasteiger partial charge in [0.15, 0.2) is 37.0 Å². The predicted octanol–water partition coefficient (Wildman–Crippen LogP) is 6.49. The molecule has 20 heteroatoms. The van der Waals surface area contributed by atoms with Gasteiger partial charge in [0.2, 0.25) is 0 Å². The number of fused-ring (bicyclic) bond motifs is 1. The number of alkyl halides is 3. The maximum absolute atomic E-state index is 14.2. The molecule has 3 aliphatic heterocycles. The summed E-state index contributed by atoms with van der Waals surface area (Å²) < 4.78 is 53.4. The van der Waals surface area contributed by atoms with Crippen molar-refractivity contribution in [2.45, 2.75) is 95.2 Å². The Morgan fingerprint density at radius 2 is 1.25 bits per heavy atom. The number of thioether (sulfide) groups is 1. The number of benzene rings is 4. The average Bonchev–Trinajstić information content (AvgIpc) is 3.33. The van der Waals surface area contributed by atoms with Crippen LogP contribution in [0.3, 0.4) is 0 Å². The van der Waals surface area contributed by atoms with E-state index in [1.54, 1.807) is 84.9 Å². The second-order valence-electron chi connectivity index (χ2n) is 15.3. The summed E-state index contributed by atoms with van der Waals surface area (Å²) in [6.07, 6.45) is -14.8. The molecule has 0 aromatic heterocycles. The molecule has 1 N–H and O–H groups in total. The van der Waals surface area contributed by atoms with E-state index >= 15 is 0 Å². The van der Waals surface area contributed by atoms with Gasteiger partial charge in [-0.25, -0.2) is 14.4 Å². The van der Waals surface area contributed by atoms with Crippen LogP contribution in [0.5, 0.6) is 0 Å². The van der Waals surface area contributed by atoms with Crippen molar-refractivity contribution >= 4 is 82.1 Å². The number of hydrogen-bond donors (Lipinski definition) is 1. The molecule has 3 aliphatic rings. The Bertz CT molecular complexity index is 2350. The van der Waals surface area contributed by atoms with E-state index < -0.39 is 107 Å². The molecule has 4 aromatic carbocycles. The van der Waals surface area contributed by atoms with Gasteiger partial charge in [-0.05, 0) is 43.3 Å². The Balaban J connectivity index is 1.37. The summed E-state index contributed by atoms with van der Waals surface area (Å²) in [6.45, 7) is 1.20. The van der Waals surface area contributed by atoms with Crippen LogP contribution >= 0.6 is 46.6 Å². The summed E-state index contributed by atoms with van der Waals surface area (Å²) in [6, 6.07) is 32.1. The number of amides is 1. The van der Waals surface area contributed by atoms with Gasteiger partial charge in [-0.2, -0.15) is 0 Å². The molecule has 16 nitrogen and oxygen atoms in total. The van der Waals surface area contributed by atoms with Crippen LogP contribution in [0.4, 0.5) is 0 Å². The van der Waals surface area contributed by atoms with Crippen LogP contribution in [-0.2, 0) is 61.8 Å². The fourth-order valence-electron chi connectivity index (χ4n) is 7.42. The van der Waals surface area contributed by atoms with Crippen LogP contribution in [0.2, 0.25) is 0 Å². The fraction of sp³-hybridized carbons (Fsp3) is 0.362. The highest BCUT2D eigenvalue weighted by Gasteiger charge is 2.59. The highest BCUT2D eigenvalue weighted by molar-refractivity contribution is 7.99. The number of nitrogens with one attached hydrogen (secondary N) is 1. The lowest BCUT2D eigenvalue weighted by molar-refractivity contribution is -0.352. The normalized spacial score (nSPS) is 27.0. The van der Waals surface area contributed by atoms with Crippen LogP contribution in [0, 0.1) is 0 Å². The first kappa shape index (κ1) is 49.8. The van der Waals surface area contributed by atoms with Gasteiger partial charge in [-0.3, -0.25) is 9.59 Å². The minimum absolute atomic E-state index is 0.0287. The van der Waals surface area contributed by atoms with Gasteiger partial charge in [0, 0.05) is 16.9 Å². The van der Waals surface area contributed by atoms with E-state index in [1.807, 2.05) is 12.1 Å². The number of halogens is 3. The third kappa shape index (κ3) is 12.7. The summed E-state index contributed by atoms with van der Waals surface area (Å²) in [5, 5.41) is 2.74. The number of methoxy groups -OCH3 is 1. The number of carbonyl (C=O) groups excluding carboxylic acids is 6. The predicted molar refractivity (Wildman–Crippen MR) is 240 cm³/mol. The Hall–Kier alpha value is -5.08. The van der Waals surface area contributed by atoms with E-state index in [9.17, 15) is 28.8 Å². The zero-order valence-electron chi connectivity index (χ0n) is 35.7. The Morgan fingerprint density at radius 1 is 0.687 bits per heavy atom. The lowest BCUT2D eigenvalue weighted by atomic mass is 9.94. The van der Waals surface area contributed by atoms with E-state index in [1.165, 1.54) is 43.0 Å². The highest BCUT2D eigenvalue weighted by atomic mass is 35.6. The highest BCUT2D eigenvalue weighted by Crippen LogP contribution is 2.43. The molecule has 0 unspecified atom stereocenters. The summed E-state index contributed by atoms with van der Waals surface area (Å²) in [7, 11) is 1.04. The molecule has 0 aliphatic carbocycles. The second-order valence-corrected chi connectivity index (χ2v) is 18.8. The molecule has 0 spiro atoms. The van der Waals surface area contributed by atoms with Crippen molar-refractivity contribution in [1.29, 1.82) is 0 Å². The molecule has 0 bridgehead atoms. The molecule has 3 fully saturated rings. The lowest BCUT2D eigenvalue weighted by Gasteiger charge is -2.51. The number of rotatable bonds is 15. The number of ketones is 1. The topological polar surface area (TPSA) is 198 Å². The number of esters is 4. The maximum atomic E-state index is 14.2. The molecule has 3 heterocycles. The lowest BCUT2D eigenvalue weighted by Crippen LogP contribution is -2.70. The molecule has 1 amide bonds.